The van der Waals surface area contributed by atoms with Gasteiger partial charge in [0.15, 0.2) is 0 Å². The van der Waals surface area contributed by atoms with Gasteiger partial charge in [-0.3, -0.25) is 0 Å². The maximum Gasteiger partial charge on any atom is 0.140 e. The van der Waals surface area contributed by atoms with E-state index < -0.39 is 13.6 Å². The van der Waals surface area contributed by atoms with Crippen molar-refractivity contribution in [2.45, 2.75) is 0 Å². The molecule has 0 unspecified atom stereocenters. The minimum atomic E-state index is -0.750. The van der Waals surface area contributed by atoms with Gasteiger partial charge in [-0.15, -0.1) is 0 Å². The molecule has 0 saturated carbocycles. The molecule has 0 heterocycles. The Kier molecular flexibility index (Phi) is 60.7. The maximum atomic E-state index is 7.12. The van der Waals surface area contributed by atoms with E-state index >= 15 is 0 Å². The van der Waals surface area contributed by atoms with E-state index in [-0.39, 0.29) is 41.3 Å². The van der Waals surface area contributed by atoms with Gasteiger partial charge in [-0.1, -0.05) is 0 Å². The van der Waals surface area contributed by atoms with E-state index in [2.05, 4.69) is 0 Å². The van der Waals surface area contributed by atoms with Gasteiger partial charge >= 0.3 is 0 Å². The molecule has 43 valence electrons. The standard InChI is InChI=1S/2CH4O2.Pr/c2*2-1-3;/h2*2-3H,1H2;. The van der Waals surface area contributed by atoms with Gasteiger partial charge in [0.05, 0.1) is 0 Å². The minimum absolute atomic E-state index is 0. The zero-order valence-corrected chi connectivity index (χ0v) is 7.48. The van der Waals surface area contributed by atoms with Gasteiger partial charge in [0, 0.05) is 41.3 Å². The second-order valence-electron chi connectivity index (χ2n) is 0.283. The van der Waals surface area contributed by atoms with Crippen molar-refractivity contribution in [2.24, 2.45) is 0 Å². The molecule has 0 fully saturated rings. The fourth-order valence-corrected chi connectivity index (χ4v) is 0. The first-order valence-electron chi connectivity index (χ1n) is 1.26. The van der Waals surface area contributed by atoms with Crippen LogP contribution in [0.15, 0.2) is 0 Å². The molecule has 5 heteroatoms. The smallest absolute Gasteiger partial charge is 0.140 e. The van der Waals surface area contributed by atoms with Crippen molar-refractivity contribution < 1.29 is 61.7 Å². The van der Waals surface area contributed by atoms with Crippen LogP contribution >= 0.6 is 0 Å². The Hall–Kier alpha value is 1.20. The summed E-state index contributed by atoms with van der Waals surface area (Å²) < 4.78 is 0. The summed E-state index contributed by atoms with van der Waals surface area (Å²) in [7, 11) is 0. The Bertz CT molecular complexity index is 11.7. The van der Waals surface area contributed by atoms with Crippen LogP contribution in [0.1, 0.15) is 0 Å². The summed E-state index contributed by atoms with van der Waals surface area (Å²) in [6.07, 6.45) is 0. The van der Waals surface area contributed by atoms with Gasteiger partial charge in [-0.25, -0.2) is 0 Å². The van der Waals surface area contributed by atoms with E-state index in [1.165, 1.54) is 0 Å². The minimum Gasteiger partial charge on any atom is -0.371 e. The summed E-state index contributed by atoms with van der Waals surface area (Å²) in [6, 6.07) is 0. The Morgan fingerprint density at radius 3 is 0.714 bits per heavy atom. The van der Waals surface area contributed by atoms with Crippen molar-refractivity contribution in [3.8, 4) is 0 Å². The van der Waals surface area contributed by atoms with E-state index in [0.29, 0.717) is 0 Å². The summed E-state index contributed by atoms with van der Waals surface area (Å²) in [6.45, 7) is -1.50. The molecule has 0 aliphatic carbocycles. The largest absolute Gasteiger partial charge is 0.371 e. The third-order valence-electron chi connectivity index (χ3n) is 0. The molecule has 0 aromatic heterocycles. The molecular formula is C2H8O4Pr. The van der Waals surface area contributed by atoms with E-state index in [4.69, 9.17) is 20.4 Å². The Balaban J connectivity index is -0.0000000400. The van der Waals surface area contributed by atoms with Crippen LogP contribution in [0, 0.1) is 41.3 Å². The first-order chi connectivity index (χ1) is 2.83. The molecule has 0 saturated heterocycles. The van der Waals surface area contributed by atoms with Crippen LogP contribution in [0.25, 0.3) is 0 Å². The molecule has 4 nitrogen and oxygen atoms in total. The van der Waals surface area contributed by atoms with Crippen LogP contribution in [-0.2, 0) is 0 Å². The average molecular weight is 237 g/mol. The zero-order valence-electron chi connectivity index (χ0n) is 3.78. The predicted molar refractivity (Wildman–Crippen MR) is 18.6 cm³/mol. The van der Waals surface area contributed by atoms with Gasteiger partial charge in [0.1, 0.15) is 13.6 Å². The number of aliphatic hydroxyl groups is 4. The topological polar surface area (TPSA) is 80.9 Å². The van der Waals surface area contributed by atoms with Crippen molar-refractivity contribution in [3.05, 3.63) is 0 Å². The second kappa shape index (κ2) is 27.0. The van der Waals surface area contributed by atoms with Crippen molar-refractivity contribution in [3.63, 3.8) is 0 Å². The first-order valence-corrected chi connectivity index (χ1v) is 1.26. The van der Waals surface area contributed by atoms with E-state index in [9.17, 15) is 0 Å². The predicted octanol–water partition coefficient (Wildman–Crippen LogP) is -2.14. The summed E-state index contributed by atoms with van der Waals surface area (Å²) in [5, 5.41) is 28.5. The molecule has 0 bridgehead atoms. The van der Waals surface area contributed by atoms with Gasteiger partial charge in [-0.05, 0) is 0 Å². The summed E-state index contributed by atoms with van der Waals surface area (Å²) in [4.78, 5) is 0. The molecule has 0 aliphatic heterocycles. The van der Waals surface area contributed by atoms with Crippen LogP contribution in [0.3, 0.4) is 0 Å². The third kappa shape index (κ3) is 135. The Morgan fingerprint density at radius 2 is 0.714 bits per heavy atom. The first kappa shape index (κ1) is 15.7. The molecule has 0 aromatic carbocycles. The maximum absolute atomic E-state index is 7.12. The fourth-order valence-electron chi connectivity index (χ4n) is 0. The van der Waals surface area contributed by atoms with Crippen molar-refractivity contribution in [2.75, 3.05) is 13.6 Å². The van der Waals surface area contributed by atoms with Crippen molar-refractivity contribution >= 4 is 0 Å². The average Bonchev–Trinajstić information content (AvgIpc) is 1.39. The van der Waals surface area contributed by atoms with E-state index in [0.717, 1.165) is 0 Å². The number of hydrogen-bond donors (Lipinski definition) is 4. The van der Waals surface area contributed by atoms with Crippen LogP contribution in [-0.4, -0.2) is 34.0 Å². The molecule has 0 rings (SSSR count). The Labute approximate surface area is 74.7 Å². The zero-order chi connectivity index (χ0) is 5.41. The van der Waals surface area contributed by atoms with Crippen LogP contribution < -0.4 is 0 Å². The van der Waals surface area contributed by atoms with Gasteiger partial charge in [0.25, 0.3) is 0 Å². The van der Waals surface area contributed by atoms with Gasteiger partial charge in [0.2, 0.25) is 0 Å². The van der Waals surface area contributed by atoms with Crippen LogP contribution in [0.5, 0.6) is 0 Å². The summed E-state index contributed by atoms with van der Waals surface area (Å²) >= 11 is 0. The normalized spacial score (nSPS) is 5.14. The second-order valence-corrected chi connectivity index (χ2v) is 0.283. The monoisotopic (exact) mass is 237 g/mol. The van der Waals surface area contributed by atoms with Crippen LogP contribution in [0.2, 0.25) is 0 Å². The quantitative estimate of drug-likeness (QED) is 0.362. The molecule has 0 aliphatic rings. The van der Waals surface area contributed by atoms with E-state index in [1.54, 1.807) is 0 Å². The van der Waals surface area contributed by atoms with Gasteiger partial charge in [-0.2, -0.15) is 0 Å². The van der Waals surface area contributed by atoms with E-state index in [1.807, 2.05) is 0 Å². The fraction of sp³-hybridized carbons (Fsp3) is 1.00. The molecule has 0 spiro atoms. The SMILES string of the molecule is OCO.OCO.[Pr]. The number of aliphatic hydroxyl groups excluding tert-OH is 2. The molecule has 0 aromatic rings. The number of hydrogen-bond acceptors (Lipinski definition) is 4. The molecule has 7 heavy (non-hydrogen) atoms. The van der Waals surface area contributed by atoms with Gasteiger partial charge < -0.3 is 20.4 Å². The molecule has 0 amide bonds. The summed E-state index contributed by atoms with van der Waals surface area (Å²) in [5.74, 6) is 0. The molecule has 0 atom stereocenters. The number of rotatable bonds is 0. The Morgan fingerprint density at radius 1 is 0.714 bits per heavy atom. The molecule has 4 N–H and O–H groups in total. The van der Waals surface area contributed by atoms with Crippen molar-refractivity contribution in [1.29, 1.82) is 0 Å². The molecular weight excluding hydrogens is 229 g/mol. The third-order valence-corrected chi connectivity index (χ3v) is 0. The molecule has 1 radical (unpaired) electrons. The van der Waals surface area contributed by atoms with Crippen molar-refractivity contribution in [1.82, 2.24) is 0 Å². The van der Waals surface area contributed by atoms with Crippen LogP contribution in [0.4, 0.5) is 0 Å². The summed E-state index contributed by atoms with van der Waals surface area (Å²) in [5.41, 5.74) is 0.